The number of hydrogen-bond acceptors (Lipinski definition) is 6. The molecule has 7 nitrogen and oxygen atoms in total. The number of benzene rings is 2. The van der Waals surface area contributed by atoms with Crippen molar-refractivity contribution in [3.63, 3.8) is 0 Å². The summed E-state index contributed by atoms with van der Waals surface area (Å²) in [5.74, 6) is -0.621. The second kappa shape index (κ2) is 13.2. The monoisotopic (exact) mass is 428 g/mol. The molecule has 0 heterocycles. The molecule has 0 aromatic heterocycles. The van der Waals surface area contributed by atoms with Crippen LogP contribution in [0, 0.1) is 0 Å². The van der Waals surface area contributed by atoms with E-state index in [1.165, 1.54) is 6.92 Å². The van der Waals surface area contributed by atoms with Gasteiger partial charge >= 0.3 is 47.6 Å². The molecule has 0 radical (unpaired) electrons. The number of ether oxygens (including phenoxy) is 3. The van der Waals surface area contributed by atoms with Crippen molar-refractivity contribution in [1.29, 1.82) is 0 Å². The minimum Gasteiger partial charge on any atom is -0.427 e. The largest absolute Gasteiger partial charge is 1.00 e. The van der Waals surface area contributed by atoms with Gasteiger partial charge < -0.3 is 19.5 Å². The molecule has 1 atom stereocenters. The van der Waals surface area contributed by atoms with Crippen molar-refractivity contribution >= 4 is 29.6 Å². The molecule has 2 rings (SSSR count). The summed E-state index contributed by atoms with van der Waals surface area (Å²) in [7, 11) is 0. The SMILES string of the molecule is CC(OC(=O)NCCCC(=O)Oc1ccc(Cl)cc1)OC(=O)c1ccccc1.[Na+]. The van der Waals surface area contributed by atoms with Crippen molar-refractivity contribution in [1.82, 2.24) is 5.32 Å². The molecule has 1 unspecified atom stereocenters. The summed E-state index contributed by atoms with van der Waals surface area (Å²) in [6, 6.07) is 14.8. The van der Waals surface area contributed by atoms with Gasteiger partial charge in [0.25, 0.3) is 0 Å². The molecule has 0 saturated heterocycles. The number of carbonyl (C=O) groups excluding carboxylic acids is 3. The summed E-state index contributed by atoms with van der Waals surface area (Å²) in [6.07, 6.45) is -1.33. The maximum atomic E-state index is 11.8. The van der Waals surface area contributed by atoms with Crippen molar-refractivity contribution in [3.05, 3.63) is 65.2 Å². The Labute approximate surface area is 195 Å². The van der Waals surface area contributed by atoms with Crippen LogP contribution in [-0.2, 0) is 14.3 Å². The molecule has 148 valence electrons. The molecule has 0 saturated carbocycles. The Balaban J connectivity index is 0.00000420. The molecular formula is C20H20ClNNaO6+. The standard InChI is InChI=1S/C20H20ClNO6.Na/c1-14(26-19(24)15-6-3-2-4-7-15)27-20(25)22-13-5-8-18(23)28-17-11-9-16(21)10-12-17;/h2-4,6-7,9-12,14H,5,8,13H2,1H3,(H,22,25);/q;+1. The van der Waals surface area contributed by atoms with Crippen LogP contribution in [0.2, 0.25) is 5.02 Å². The number of esters is 2. The third kappa shape index (κ3) is 9.80. The quantitative estimate of drug-likeness (QED) is 0.221. The van der Waals surface area contributed by atoms with Gasteiger partial charge in [0.15, 0.2) is 0 Å². The fourth-order valence-electron chi connectivity index (χ4n) is 2.12. The Morgan fingerprint density at radius 3 is 2.31 bits per heavy atom. The predicted octanol–water partition coefficient (Wildman–Crippen LogP) is 0.959. The van der Waals surface area contributed by atoms with E-state index in [1.807, 2.05) is 0 Å². The maximum absolute atomic E-state index is 11.8. The Hall–Kier alpha value is -2.06. The fourth-order valence-corrected chi connectivity index (χ4v) is 2.24. The summed E-state index contributed by atoms with van der Waals surface area (Å²) in [6.45, 7) is 1.64. The Bertz CT molecular complexity index is 800. The average Bonchev–Trinajstić information content (AvgIpc) is 2.67. The van der Waals surface area contributed by atoms with Gasteiger partial charge in [-0.05, 0) is 42.8 Å². The number of carbonyl (C=O) groups is 3. The van der Waals surface area contributed by atoms with E-state index in [4.69, 9.17) is 25.8 Å². The smallest absolute Gasteiger partial charge is 0.427 e. The Morgan fingerprint density at radius 1 is 1.00 bits per heavy atom. The molecule has 0 aliphatic carbocycles. The van der Waals surface area contributed by atoms with Gasteiger partial charge in [-0.15, -0.1) is 0 Å². The Morgan fingerprint density at radius 2 is 1.66 bits per heavy atom. The molecule has 9 heteroatoms. The van der Waals surface area contributed by atoms with Gasteiger partial charge in [-0.25, -0.2) is 9.59 Å². The van der Waals surface area contributed by atoms with Crippen LogP contribution in [0.4, 0.5) is 4.79 Å². The van der Waals surface area contributed by atoms with Gasteiger partial charge in [-0.1, -0.05) is 29.8 Å². The van der Waals surface area contributed by atoms with Crippen LogP contribution in [0.1, 0.15) is 30.1 Å². The van der Waals surface area contributed by atoms with Crippen LogP contribution in [-0.4, -0.2) is 30.9 Å². The molecule has 2 aromatic carbocycles. The molecule has 0 fully saturated rings. The zero-order chi connectivity index (χ0) is 20.4. The van der Waals surface area contributed by atoms with Gasteiger partial charge in [0.2, 0.25) is 6.29 Å². The van der Waals surface area contributed by atoms with E-state index in [-0.39, 0.29) is 42.5 Å². The summed E-state index contributed by atoms with van der Waals surface area (Å²) in [4.78, 5) is 35.3. The van der Waals surface area contributed by atoms with E-state index in [2.05, 4.69) is 5.32 Å². The van der Waals surface area contributed by atoms with Crippen LogP contribution < -0.4 is 39.6 Å². The van der Waals surface area contributed by atoms with Crippen molar-refractivity contribution in [2.24, 2.45) is 0 Å². The number of amides is 1. The van der Waals surface area contributed by atoms with E-state index in [0.29, 0.717) is 22.8 Å². The third-order valence-electron chi connectivity index (χ3n) is 3.43. The van der Waals surface area contributed by atoms with Gasteiger partial charge in [0.1, 0.15) is 5.75 Å². The number of hydrogen-bond donors (Lipinski definition) is 1. The van der Waals surface area contributed by atoms with Crippen LogP contribution in [0.3, 0.4) is 0 Å². The van der Waals surface area contributed by atoms with Crippen LogP contribution in [0.15, 0.2) is 54.6 Å². The summed E-state index contributed by atoms with van der Waals surface area (Å²) in [5.41, 5.74) is 0.359. The van der Waals surface area contributed by atoms with Crippen molar-refractivity contribution in [2.45, 2.75) is 26.1 Å². The van der Waals surface area contributed by atoms with Gasteiger partial charge in [0, 0.05) is 24.9 Å². The number of halogens is 1. The molecule has 0 aliphatic rings. The first-order valence-electron chi connectivity index (χ1n) is 8.61. The van der Waals surface area contributed by atoms with E-state index < -0.39 is 24.3 Å². The van der Waals surface area contributed by atoms with Crippen molar-refractivity contribution in [2.75, 3.05) is 6.54 Å². The number of nitrogens with one attached hydrogen (secondary N) is 1. The third-order valence-corrected chi connectivity index (χ3v) is 3.68. The van der Waals surface area contributed by atoms with Gasteiger partial charge in [-0.2, -0.15) is 0 Å². The number of rotatable bonds is 8. The molecule has 0 spiro atoms. The molecule has 0 bridgehead atoms. The zero-order valence-electron chi connectivity index (χ0n) is 16.2. The summed E-state index contributed by atoms with van der Waals surface area (Å²) in [5, 5.41) is 3.02. The van der Waals surface area contributed by atoms with Crippen molar-refractivity contribution < 1.29 is 58.2 Å². The normalized spacial score (nSPS) is 10.8. The molecular weight excluding hydrogens is 409 g/mol. The van der Waals surface area contributed by atoms with Gasteiger partial charge in [-0.3, -0.25) is 4.79 Å². The van der Waals surface area contributed by atoms with Crippen LogP contribution in [0.25, 0.3) is 0 Å². The first kappa shape index (κ1) is 25.0. The van der Waals surface area contributed by atoms with Crippen LogP contribution >= 0.6 is 11.6 Å². The summed E-state index contributed by atoms with van der Waals surface area (Å²) >= 11 is 5.75. The maximum Gasteiger partial charge on any atom is 1.00 e. The first-order chi connectivity index (χ1) is 13.4. The molecule has 1 N–H and O–H groups in total. The van der Waals surface area contributed by atoms with Crippen molar-refractivity contribution in [3.8, 4) is 5.75 Å². The van der Waals surface area contributed by atoms with E-state index in [9.17, 15) is 14.4 Å². The molecule has 29 heavy (non-hydrogen) atoms. The Kier molecular flexibility index (Phi) is 11.4. The zero-order valence-corrected chi connectivity index (χ0v) is 19.0. The predicted molar refractivity (Wildman–Crippen MR) is 102 cm³/mol. The van der Waals surface area contributed by atoms with Crippen LogP contribution in [0.5, 0.6) is 5.75 Å². The molecule has 1 amide bonds. The second-order valence-corrected chi connectivity index (χ2v) is 6.14. The van der Waals surface area contributed by atoms with E-state index in [0.717, 1.165) is 0 Å². The minimum absolute atomic E-state index is 0. The van der Waals surface area contributed by atoms with E-state index >= 15 is 0 Å². The molecule has 0 aliphatic heterocycles. The average molecular weight is 429 g/mol. The number of alkyl carbamates (subject to hydrolysis) is 1. The summed E-state index contributed by atoms with van der Waals surface area (Å²) < 4.78 is 15.1. The fraction of sp³-hybridized carbons (Fsp3) is 0.250. The second-order valence-electron chi connectivity index (χ2n) is 5.70. The first-order valence-corrected chi connectivity index (χ1v) is 8.98. The topological polar surface area (TPSA) is 90.9 Å². The van der Waals surface area contributed by atoms with E-state index in [1.54, 1.807) is 54.6 Å². The van der Waals surface area contributed by atoms with Gasteiger partial charge in [0.05, 0.1) is 5.56 Å². The minimum atomic E-state index is -1.05. The molecule has 2 aromatic rings.